The van der Waals surface area contributed by atoms with Gasteiger partial charge in [0.15, 0.2) is 0 Å². The lowest BCUT2D eigenvalue weighted by atomic mass is 10.0. The molecule has 0 amide bonds. The highest BCUT2D eigenvalue weighted by Gasteiger charge is 2.03. The Morgan fingerprint density at radius 3 is 1.21 bits per heavy atom. The second-order valence-electron chi connectivity index (χ2n) is 11.9. The molecule has 0 spiro atoms. The predicted octanol–water partition coefficient (Wildman–Crippen LogP) is 11.8. The molecule has 0 radical (unpaired) electrons. The number of carbonyl (C=O) groups excluding carboxylic acids is 1. The summed E-state index contributed by atoms with van der Waals surface area (Å²) in [6.45, 7) is 5.88. The van der Waals surface area contributed by atoms with Crippen LogP contribution < -0.4 is 5.32 Å². The van der Waals surface area contributed by atoms with Crippen LogP contribution in [0.15, 0.2) is 0 Å². The Hall–Kier alpha value is -0.640. The lowest BCUT2D eigenvalue weighted by Gasteiger charge is -2.09. The van der Waals surface area contributed by atoms with Gasteiger partial charge in [0.25, 0.3) is 0 Å². The van der Waals surface area contributed by atoms with Crippen molar-refractivity contribution in [1.29, 1.82) is 0 Å². The zero-order valence-corrected chi connectivity index (χ0v) is 27.5. The van der Waals surface area contributed by atoms with Crippen molar-refractivity contribution in [2.24, 2.45) is 0 Å². The number of hydrogen-bond donors (Lipinski definition) is 1. The SMILES string of the molecule is CCCCCCCCCCCCCCCC(=O)OCCCNC(=S)CCCCCCCCCCCCCCC. The fraction of sp³-hybridized carbons (Fsp3) is 0.943. The van der Waals surface area contributed by atoms with Gasteiger partial charge >= 0.3 is 5.97 Å². The smallest absolute Gasteiger partial charge is 0.305 e. The second kappa shape index (κ2) is 33.6. The first kappa shape index (κ1) is 38.4. The van der Waals surface area contributed by atoms with Crippen LogP contribution in [0, 0.1) is 0 Å². The number of thiocarbonyl (C=S) groups is 1. The highest BCUT2D eigenvalue weighted by atomic mass is 32.1. The van der Waals surface area contributed by atoms with Gasteiger partial charge in [-0.2, -0.15) is 0 Å². The summed E-state index contributed by atoms with van der Waals surface area (Å²) in [5.74, 6) is -0.0346. The summed E-state index contributed by atoms with van der Waals surface area (Å²) in [5, 5.41) is 3.34. The molecule has 1 N–H and O–H groups in total. The Kier molecular flexibility index (Phi) is 33.0. The van der Waals surface area contributed by atoms with Gasteiger partial charge in [-0.3, -0.25) is 4.79 Å². The summed E-state index contributed by atoms with van der Waals surface area (Å²) >= 11 is 5.46. The van der Waals surface area contributed by atoms with Gasteiger partial charge in [-0.1, -0.05) is 180 Å². The van der Waals surface area contributed by atoms with Crippen LogP contribution in [0.5, 0.6) is 0 Å². The van der Waals surface area contributed by atoms with E-state index in [0.29, 0.717) is 13.0 Å². The molecule has 0 aromatic carbocycles. The molecular weight excluding hydrogens is 498 g/mol. The van der Waals surface area contributed by atoms with Crippen molar-refractivity contribution in [3.63, 3.8) is 0 Å². The molecule has 0 bridgehead atoms. The number of nitrogens with one attached hydrogen (secondary N) is 1. The Bertz CT molecular complexity index is 467. The maximum atomic E-state index is 11.9. The van der Waals surface area contributed by atoms with Crippen LogP contribution in [0.1, 0.15) is 200 Å². The molecular formula is C35H69NO2S. The topological polar surface area (TPSA) is 38.3 Å². The Morgan fingerprint density at radius 1 is 0.487 bits per heavy atom. The number of rotatable bonds is 32. The number of hydrogen-bond acceptors (Lipinski definition) is 3. The number of carbonyl (C=O) groups is 1. The third kappa shape index (κ3) is 33.5. The average Bonchev–Trinajstić information content (AvgIpc) is 2.93. The van der Waals surface area contributed by atoms with E-state index in [1.807, 2.05) is 0 Å². The van der Waals surface area contributed by atoms with E-state index in [1.165, 1.54) is 154 Å². The minimum Gasteiger partial charge on any atom is -0.466 e. The maximum absolute atomic E-state index is 11.9. The van der Waals surface area contributed by atoms with Crippen LogP contribution in [0.4, 0.5) is 0 Å². The Balaban J connectivity index is 3.26. The number of ether oxygens (including phenoxy) is 1. The molecule has 0 rings (SSSR count). The van der Waals surface area contributed by atoms with Crippen LogP contribution in [0.3, 0.4) is 0 Å². The molecule has 0 saturated heterocycles. The normalized spacial score (nSPS) is 11.1. The van der Waals surface area contributed by atoms with E-state index in [0.717, 1.165) is 37.2 Å². The van der Waals surface area contributed by atoms with Gasteiger partial charge in [0.2, 0.25) is 0 Å². The van der Waals surface area contributed by atoms with E-state index in [-0.39, 0.29) is 5.97 Å². The fourth-order valence-corrected chi connectivity index (χ4v) is 5.48. The second-order valence-corrected chi connectivity index (χ2v) is 12.4. The van der Waals surface area contributed by atoms with Crippen molar-refractivity contribution in [2.45, 2.75) is 200 Å². The summed E-state index contributed by atoms with van der Waals surface area (Å²) in [4.78, 5) is 12.9. The van der Waals surface area contributed by atoms with Gasteiger partial charge in [0.05, 0.1) is 11.6 Å². The van der Waals surface area contributed by atoms with Crippen molar-refractivity contribution in [2.75, 3.05) is 13.2 Å². The summed E-state index contributed by atoms with van der Waals surface area (Å²) in [6.07, 6.45) is 37.6. The quantitative estimate of drug-likeness (QED) is 0.0498. The molecule has 39 heavy (non-hydrogen) atoms. The van der Waals surface area contributed by atoms with Gasteiger partial charge in [-0.15, -0.1) is 0 Å². The largest absolute Gasteiger partial charge is 0.466 e. The van der Waals surface area contributed by atoms with Crippen molar-refractivity contribution >= 4 is 23.2 Å². The molecule has 0 aliphatic rings. The minimum atomic E-state index is -0.0346. The van der Waals surface area contributed by atoms with Crippen molar-refractivity contribution in [1.82, 2.24) is 5.32 Å². The van der Waals surface area contributed by atoms with Crippen LogP contribution >= 0.6 is 12.2 Å². The maximum Gasteiger partial charge on any atom is 0.305 e. The highest BCUT2D eigenvalue weighted by molar-refractivity contribution is 7.80. The summed E-state index contributed by atoms with van der Waals surface area (Å²) < 4.78 is 5.39. The average molecular weight is 568 g/mol. The molecule has 0 aromatic heterocycles. The van der Waals surface area contributed by atoms with Gasteiger partial charge in [0.1, 0.15) is 0 Å². The molecule has 0 saturated carbocycles. The summed E-state index contributed by atoms with van der Waals surface area (Å²) in [7, 11) is 0. The summed E-state index contributed by atoms with van der Waals surface area (Å²) in [5.41, 5.74) is 0. The van der Waals surface area contributed by atoms with E-state index in [2.05, 4.69) is 19.2 Å². The van der Waals surface area contributed by atoms with Crippen molar-refractivity contribution in [3.05, 3.63) is 0 Å². The zero-order chi connectivity index (χ0) is 28.5. The number of unbranched alkanes of at least 4 members (excludes halogenated alkanes) is 24. The highest BCUT2D eigenvalue weighted by Crippen LogP contribution is 2.14. The van der Waals surface area contributed by atoms with E-state index in [1.54, 1.807) is 0 Å². The van der Waals surface area contributed by atoms with E-state index in [9.17, 15) is 4.79 Å². The Morgan fingerprint density at radius 2 is 0.821 bits per heavy atom. The van der Waals surface area contributed by atoms with Crippen LogP contribution in [0.2, 0.25) is 0 Å². The molecule has 3 nitrogen and oxygen atoms in total. The first-order chi connectivity index (χ1) is 19.2. The molecule has 0 heterocycles. The lowest BCUT2D eigenvalue weighted by Crippen LogP contribution is -2.23. The lowest BCUT2D eigenvalue weighted by molar-refractivity contribution is -0.143. The first-order valence-corrected chi connectivity index (χ1v) is 18.0. The minimum absolute atomic E-state index is 0.0346. The standard InChI is InChI=1S/C35H69NO2S/c1-3-5-7-9-11-13-15-17-19-21-23-25-27-30-34(39)36-32-29-33-38-35(37)31-28-26-24-22-20-18-16-14-12-10-8-6-4-2/h3-33H2,1-2H3,(H,36,39). The number of esters is 1. The van der Waals surface area contributed by atoms with Crippen molar-refractivity contribution in [3.8, 4) is 0 Å². The van der Waals surface area contributed by atoms with Gasteiger partial charge < -0.3 is 10.1 Å². The molecule has 0 atom stereocenters. The predicted molar refractivity (Wildman–Crippen MR) is 177 cm³/mol. The third-order valence-electron chi connectivity index (χ3n) is 7.90. The Labute approximate surface area is 250 Å². The van der Waals surface area contributed by atoms with Crippen LogP contribution in [0.25, 0.3) is 0 Å². The molecule has 0 aromatic rings. The van der Waals surface area contributed by atoms with Crippen LogP contribution in [-0.2, 0) is 9.53 Å². The first-order valence-electron chi connectivity index (χ1n) is 17.6. The van der Waals surface area contributed by atoms with Gasteiger partial charge in [0, 0.05) is 13.0 Å². The molecule has 0 fully saturated rings. The van der Waals surface area contributed by atoms with Gasteiger partial charge in [-0.25, -0.2) is 0 Å². The van der Waals surface area contributed by atoms with E-state index < -0.39 is 0 Å². The third-order valence-corrected chi connectivity index (χ3v) is 8.25. The van der Waals surface area contributed by atoms with Gasteiger partial charge in [-0.05, 0) is 25.7 Å². The van der Waals surface area contributed by atoms with E-state index >= 15 is 0 Å². The van der Waals surface area contributed by atoms with E-state index in [4.69, 9.17) is 17.0 Å². The molecule has 4 heteroatoms. The van der Waals surface area contributed by atoms with Crippen molar-refractivity contribution < 1.29 is 9.53 Å². The fourth-order valence-electron chi connectivity index (χ4n) is 5.24. The monoisotopic (exact) mass is 568 g/mol. The molecule has 0 unspecified atom stereocenters. The molecule has 0 aliphatic heterocycles. The van der Waals surface area contributed by atoms with Crippen LogP contribution in [-0.4, -0.2) is 24.1 Å². The summed E-state index contributed by atoms with van der Waals surface area (Å²) in [6, 6.07) is 0. The zero-order valence-electron chi connectivity index (χ0n) is 26.6. The molecule has 232 valence electrons. The molecule has 0 aliphatic carbocycles.